The molecule has 1 heterocycles. The number of hydrogen-bond acceptors (Lipinski definition) is 4. The van der Waals surface area contributed by atoms with Crippen molar-refractivity contribution in [2.24, 2.45) is 10.9 Å². The largest absolute Gasteiger partial charge is 0.381 e. The van der Waals surface area contributed by atoms with Crippen molar-refractivity contribution in [2.75, 3.05) is 46.0 Å². The number of nitrogens with zero attached hydrogens (tertiary/aromatic N) is 2. The molecule has 30 heavy (non-hydrogen) atoms. The maximum Gasteiger partial charge on any atom is 0.191 e. The van der Waals surface area contributed by atoms with E-state index in [9.17, 15) is 0 Å². The first-order valence-electron chi connectivity index (χ1n) is 11.1. The SMILES string of the molecule is CCNC(=NCc1cccc(CN2CCOC(C)C2)c1)NCCCOCC(C)C.I. The summed E-state index contributed by atoms with van der Waals surface area (Å²) in [5, 5.41) is 6.72. The predicted octanol–water partition coefficient (Wildman–Crippen LogP) is 3.64. The van der Waals surface area contributed by atoms with E-state index in [0.717, 1.165) is 64.9 Å². The first-order chi connectivity index (χ1) is 14.1. The van der Waals surface area contributed by atoms with E-state index in [1.807, 2.05) is 0 Å². The summed E-state index contributed by atoms with van der Waals surface area (Å²) in [6.45, 7) is 16.4. The third-order valence-electron chi connectivity index (χ3n) is 4.70. The lowest BCUT2D eigenvalue weighted by atomic mass is 10.1. The monoisotopic (exact) mass is 532 g/mol. The molecule has 0 spiro atoms. The van der Waals surface area contributed by atoms with Crippen molar-refractivity contribution < 1.29 is 9.47 Å². The van der Waals surface area contributed by atoms with Crippen LogP contribution in [0.2, 0.25) is 0 Å². The molecular formula is C23H41IN4O2. The fourth-order valence-electron chi connectivity index (χ4n) is 3.33. The van der Waals surface area contributed by atoms with E-state index in [1.54, 1.807) is 0 Å². The van der Waals surface area contributed by atoms with Crippen LogP contribution in [0.4, 0.5) is 0 Å². The highest BCUT2D eigenvalue weighted by atomic mass is 127. The normalized spacial score (nSPS) is 17.6. The lowest BCUT2D eigenvalue weighted by Gasteiger charge is -2.31. The molecular weight excluding hydrogens is 491 g/mol. The van der Waals surface area contributed by atoms with Gasteiger partial charge in [0, 0.05) is 45.9 Å². The average Bonchev–Trinajstić information content (AvgIpc) is 2.69. The van der Waals surface area contributed by atoms with Gasteiger partial charge >= 0.3 is 0 Å². The zero-order valence-corrected chi connectivity index (χ0v) is 21.5. The standard InChI is InChI=1S/C23H40N4O2.HI/c1-5-24-23(25-10-7-12-28-18-19(2)3)26-15-21-8-6-9-22(14-21)17-27-11-13-29-20(4)16-27;/h6,8-9,14,19-20H,5,7,10-13,15-18H2,1-4H3,(H2,24,25,26);1H. The molecule has 1 aliphatic rings. The van der Waals surface area contributed by atoms with Crippen LogP contribution < -0.4 is 10.6 Å². The van der Waals surface area contributed by atoms with Crippen molar-refractivity contribution in [2.45, 2.75) is 53.3 Å². The molecule has 0 amide bonds. The molecule has 1 aliphatic heterocycles. The first-order valence-corrected chi connectivity index (χ1v) is 11.1. The topological polar surface area (TPSA) is 58.1 Å². The molecule has 0 bridgehead atoms. The van der Waals surface area contributed by atoms with Gasteiger partial charge in [0.2, 0.25) is 0 Å². The van der Waals surface area contributed by atoms with Crippen molar-refractivity contribution in [1.82, 2.24) is 15.5 Å². The molecule has 7 heteroatoms. The van der Waals surface area contributed by atoms with Crippen molar-refractivity contribution in [3.05, 3.63) is 35.4 Å². The van der Waals surface area contributed by atoms with Crippen LogP contribution in [0, 0.1) is 5.92 Å². The van der Waals surface area contributed by atoms with Gasteiger partial charge in [-0.3, -0.25) is 4.90 Å². The van der Waals surface area contributed by atoms with Crippen LogP contribution in [0.5, 0.6) is 0 Å². The second kappa shape index (κ2) is 15.8. The Bertz CT molecular complexity index is 613. The van der Waals surface area contributed by atoms with Crippen molar-refractivity contribution in [3.8, 4) is 0 Å². The number of benzene rings is 1. The molecule has 1 atom stereocenters. The van der Waals surface area contributed by atoms with Crippen LogP contribution >= 0.6 is 24.0 Å². The summed E-state index contributed by atoms with van der Waals surface area (Å²) in [6.07, 6.45) is 1.30. The molecule has 172 valence electrons. The van der Waals surface area contributed by atoms with Crippen LogP contribution in [0.25, 0.3) is 0 Å². The van der Waals surface area contributed by atoms with Gasteiger partial charge in [0.25, 0.3) is 0 Å². The Balaban J connectivity index is 0.00000450. The maximum atomic E-state index is 5.64. The Kier molecular flexibility index (Phi) is 14.3. The highest BCUT2D eigenvalue weighted by Gasteiger charge is 2.16. The molecule has 0 saturated carbocycles. The minimum atomic E-state index is 0. The molecule has 0 radical (unpaired) electrons. The van der Waals surface area contributed by atoms with Gasteiger partial charge < -0.3 is 20.1 Å². The van der Waals surface area contributed by atoms with E-state index in [2.05, 4.69) is 67.5 Å². The van der Waals surface area contributed by atoms with E-state index >= 15 is 0 Å². The van der Waals surface area contributed by atoms with Crippen molar-refractivity contribution in [1.29, 1.82) is 0 Å². The van der Waals surface area contributed by atoms with E-state index < -0.39 is 0 Å². The summed E-state index contributed by atoms with van der Waals surface area (Å²) in [5.41, 5.74) is 2.58. The second-order valence-corrected chi connectivity index (χ2v) is 8.18. The van der Waals surface area contributed by atoms with Gasteiger partial charge in [0.1, 0.15) is 0 Å². The van der Waals surface area contributed by atoms with Gasteiger partial charge in [-0.25, -0.2) is 4.99 Å². The summed E-state index contributed by atoms with van der Waals surface area (Å²) >= 11 is 0. The smallest absolute Gasteiger partial charge is 0.191 e. The van der Waals surface area contributed by atoms with Crippen LogP contribution in [0.1, 0.15) is 45.2 Å². The summed E-state index contributed by atoms with van der Waals surface area (Å²) < 4.78 is 11.3. The summed E-state index contributed by atoms with van der Waals surface area (Å²) in [6, 6.07) is 8.76. The van der Waals surface area contributed by atoms with E-state index in [1.165, 1.54) is 11.1 Å². The lowest BCUT2D eigenvalue weighted by Crippen LogP contribution is -2.40. The van der Waals surface area contributed by atoms with E-state index in [0.29, 0.717) is 18.6 Å². The number of nitrogens with one attached hydrogen (secondary N) is 2. The van der Waals surface area contributed by atoms with Crippen molar-refractivity contribution in [3.63, 3.8) is 0 Å². The Hall–Kier alpha value is -0.900. The number of hydrogen-bond donors (Lipinski definition) is 2. The van der Waals surface area contributed by atoms with Gasteiger partial charge in [0.15, 0.2) is 5.96 Å². The maximum absolute atomic E-state index is 5.64. The first kappa shape index (κ1) is 27.1. The van der Waals surface area contributed by atoms with E-state index in [4.69, 9.17) is 14.5 Å². The zero-order valence-electron chi connectivity index (χ0n) is 19.2. The average molecular weight is 533 g/mol. The van der Waals surface area contributed by atoms with Crippen LogP contribution in [0.15, 0.2) is 29.3 Å². The second-order valence-electron chi connectivity index (χ2n) is 8.18. The molecule has 2 N–H and O–H groups in total. The molecule has 1 aromatic carbocycles. The number of rotatable bonds is 11. The summed E-state index contributed by atoms with van der Waals surface area (Å²) in [4.78, 5) is 7.21. The van der Waals surface area contributed by atoms with Gasteiger partial charge in [0.05, 0.1) is 19.3 Å². The molecule has 6 nitrogen and oxygen atoms in total. The number of aliphatic imine (C=N–C) groups is 1. The quantitative estimate of drug-likeness (QED) is 0.197. The summed E-state index contributed by atoms with van der Waals surface area (Å²) in [5.74, 6) is 1.45. The molecule has 1 fully saturated rings. The number of morpholine rings is 1. The minimum absolute atomic E-state index is 0. The summed E-state index contributed by atoms with van der Waals surface area (Å²) in [7, 11) is 0. The Labute approximate surface area is 200 Å². The molecule has 1 aromatic rings. The third-order valence-corrected chi connectivity index (χ3v) is 4.70. The third kappa shape index (κ3) is 11.5. The Morgan fingerprint density at radius 3 is 2.83 bits per heavy atom. The van der Waals surface area contributed by atoms with Crippen LogP contribution in [0.3, 0.4) is 0 Å². The minimum Gasteiger partial charge on any atom is -0.381 e. The van der Waals surface area contributed by atoms with Crippen molar-refractivity contribution >= 4 is 29.9 Å². The highest BCUT2D eigenvalue weighted by Crippen LogP contribution is 2.12. The molecule has 0 aromatic heterocycles. The molecule has 1 saturated heterocycles. The predicted molar refractivity (Wildman–Crippen MR) is 136 cm³/mol. The van der Waals surface area contributed by atoms with Gasteiger partial charge in [-0.15, -0.1) is 24.0 Å². The zero-order chi connectivity index (χ0) is 20.9. The van der Waals surface area contributed by atoms with E-state index in [-0.39, 0.29) is 24.0 Å². The fraction of sp³-hybridized carbons (Fsp3) is 0.696. The lowest BCUT2D eigenvalue weighted by molar-refractivity contribution is -0.0212. The number of guanidine groups is 1. The van der Waals surface area contributed by atoms with Crippen LogP contribution in [-0.4, -0.2) is 63.0 Å². The molecule has 2 rings (SSSR count). The highest BCUT2D eigenvalue weighted by molar-refractivity contribution is 14.0. The van der Waals surface area contributed by atoms with Gasteiger partial charge in [-0.05, 0) is 37.3 Å². The molecule has 0 aliphatic carbocycles. The number of ether oxygens (including phenoxy) is 2. The molecule has 1 unspecified atom stereocenters. The fourth-order valence-corrected chi connectivity index (χ4v) is 3.33. The van der Waals surface area contributed by atoms with Crippen LogP contribution in [-0.2, 0) is 22.6 Å². The van der Waals surface area contributed by atoms with Gasteiger partial charge in [-0.1, -0.05) is 38.1 Å². The Morgan fingerprint density at radius 2 is 2.10 bits per heavy atom. The van der Waals surface area contributed by atoms with Gasteiger partial charge in [-0.2, -0.15) is 0 Å². The number of halogens is 1. The Morgan fingerprint density at radius 1 is 1.30 bits per heavy atom.